The van der Waals surface area contributed by atoms with Gasteiger partial charge in [-0.2, -0.15) is 0 Å². The first kappa shape index (κ1) is 27.3. The lowest BCUT2D eigenvalue weighted by atomic mass is 10.1. The Morgan fingerprint density at radius 1 is 1.06 bits per heavy atom. The van der Waals surface area contributed by atoms with E-state index in [1.807, 2.05) is 18.2 Å². The maximum Gasteiger partial charge on any atom is 0.204 e. The Kier molecular flexibility index (Phi) is 10.0. The largest absolute Gasteiger partial charge is 0.497 e. The minimum Gasteiger partial charge on any atom is -0.497 e. The van der Waals surface area contributed by atoms with Gasteiger partial charge < -0.3 is 38.6 Å². The van der Waals surface area contributed by atoms with Gasteiger partial charge in [-0.3, -0.25) is 4.79 Å². The van der Waals surface area contributed by atoms with Gasteiger partial charge in [-0.15, -0.1) is 0 Å². The number of morpholine rings is 1. The van der Waals surface area contributed by atoms with Crippen molar-refractivity contribution in [2.24, 2.45) is 0 Å². The average Bonchev–Trinajstić information content (AvgIpc) is 2.90. The zero-order chi connectivity index (χ0) is 26.1. The molecule has 9 nitrogen and oxygen atoms in total. The predicted molar refractivity (Wildman–Crippen MR) is 140 cm³/mol. The number of ether oxygens (including phenoxy) is 6. The topological polar surface area (TPSA) is 87.7 Å². The number of methoxy groups -OCH3 is 4. The molecular weight excluding hydrogens is 484 g/mol. The van der Waals surface area contributed by atoms with E-state index >= 15 is 0 Å². The lowest BCUT2D eigenvalue weighted by Crippen LogP contribution is -2.51. The molecule has 0 radical (unpaired) electrons. The van der Waals surface area contributed by atoms with Crippen molar-refractivity contribution in [3.8, 4) is 28.7 Å². The monoisotopic (exact) mass is 518 g/mol. The summed E-state index contributed by atoms with van der Waals surface area (Å²) in [6.45, 7) is 4.09. The van der Waals surface area contributed by atoms with Crippen LogP contribution in [0.3, 0.4) is 0 Å². The number of Topliss-reactive ketones (excluding diaryl/α,β-unsaturated/α-hetero) is 1. The summed E-state index contributed by atoms with van der Waals surface area (Å²) in [5, 5.41) is 3.97. The second kappa shape index (κ2) is 13.2. The molecule has 1 N–H and O–H groups in total. The fourth-order valence-electron chi connectivity index (χ4n) is 3.99. The van der Waals surface area contributed by atoms with Crippen LogP contribution in [0.5, 0.6) is 28.7 Å². The summed E-state index contributed by atoms with van der Waals surface area (Å²) in [6, 6.07) is 9.09. The van der Waals surface area contributed by atoms with Gasteiger partial charge in [-0.05, 0) is 61.5 Å². The van der Waals surface area contributed by atoms with E-state index in [1.165, 1.54) is 21.1 Å². The van der Waals surface area contributed by atoms with Crippen LogP contribution in [0.25, 0.3) is 0 Å². The number of benzene rings is 2. The molecule has 0 bridgehead atoms. The molecule has 0 amide bonds. The molecule has 0 spiro atoms. The van der Waals surface area contributed by atoms with E-state index in [0.717, 1.165) is 23.5 Å². The molecule has 1 fully saturated rings. The fourth-order valence-corrected chi connectivity index (χ4v) is 4.26. The standard InChI is InChI=1S/C26H34N2O7S/c1-17(29)21-7-9-23(32-4)25(33-5)24(21)35-16-20-15-28(12-13-34-20)26(36)27-11-10-18-14-19(30-2)6-8-22(18)31-3/h6-9,14,20H,10-13,15-16H2,1-5H3,(H,27,36). The number of thiocarbonyl (C=S) groups is 1. The van der Waals surface area contributed by atoms with E-state index in [1.54, 1.807) is 26.4 Å². The van der Waals surface area contributed by atoms with Gasteiger partial charge >= 0.3 is 0 Å². The summed E-state index contributed by atoms with van der Waals surface area (Å²) >= 11 is 5.64. The highest BCUT2D eigenvalue weighted by atomic mass is 32.1. The Bertz CT molecular complexity index is 1060. The van der Waals surface area contributed by atoms with Crippen molar-refractivity contribution < 1.29 is 33.2 Å². The van der Waals surface area contributed by atoms with Crippen molar-refractivity contribution in [2.45, 2.75) is 19.4 Å². The molecule has 1 aliphatic heterocycles. The van der Waals surface area contributed by atoms with Gasteiger partial charge in [0.25, 0.3) is 0 Å². The van der Waals surface area contributed by atoms with Crippen LogP contribution >= 0.6 is 12.2 Å². The van der Waals surface area contributed by atoms with E-state index in [2.05, 4.69) is 10.2 Å². The molecule has 2 aromatic carbocycles. The minimum atomic E-state index is -0.243. The molecule has 10 heteroatoms. The molecule has 0 saturated carbocycles. The van der Waals surface area contributed by atoms with Crippen molar-refractivity contribution in [1.82, 2.24) is 10.2 Å². The number of carbonyl (C=O) groups is 1. The number of carbonyl (C=O) groups excluding carboxylic acids is 1. The average molecular weight is 519 g/mol. The van der Waals surface area contributed by atoms with Crippen LogP contribution in [0, 0.1) is 0 Å². The fraction of sp³-hybridized carbons (Fsp3) is 0.462. The van der Waals surface area contributed by atoms with Crippen LogP contribution in [0.4, 0.5) is 0 Å². The van der Waals surface area contributed by atoms with Crippen molar-refractivity contribution >= 4 is 23.1 Å². The van der Waals surface area contributed by atoms with Crippen molar-refractivity contribution in [1.29, 1.82) is 0 Å². The summed E-state index contributed by atoms with van der Waals surface area (Å²) in [5.74, 6) is 2.67. The first-order chi connectivity index (χ1) is 17.4. The molecule has 1 heterocycles. The van der Waals surface area contributed by atoms with Gasteiger partial charge in [0.2, 0.25) is 5.75 Å². The highest BCUT2D eigenvalue weighted by Gasteiger charge is 2.25. The van der Waals surface area contributed by atoms with Crippen LogP contribution in [-0.2, 0) is 11.2 Å². The molecule has 2 aromatic rings. The molecule has 3 rings (SSSR count). The number of nitrogens with one attached hydrogen (secondary N) is 1. The Morgan fingerprint density at radius 3 is 2.47 bits per heavy atom. The summed E-state index contributed by atoms with van der Waals surface area (Å²) in [7, 11) is 6.34. The molecule has 0 aliphatic carbocycles. The molecule has 36 heavy (non-hydrogen) atoms. The minimum absolute atomic E-state index is 0.129. The maximum absolute atomic E-state index is 12.1. The van der Waals surface area contributed by atoms with E-state index in [4.69, 9.17) is 40.6 Å². The van der Waals surface area contributed by atoms with Gasteiger partial charge in [0.15, 0.2) is 22.4 Å². The van der Waals surface area contributed by atoms with Gasteiger partial charge in [0.05, 0.1) is 40.6 Å². The number of hydrogen-bond acceptors (Lipinski definition) is 8. The first-order valence-corrected chi connectivity index (χ1v) is 12.1. The highest BCUT2D eigenvalue weighted by molar-refractivity contribution is 7.80. The van der Waals surface area contributed by atoms with Gasteiger partial charge in [0, 0.05) is 19.6 Å². The summed E-state index contributed by atoms with van der Waals surface area (Å²) in [6.07, 6.45) is 0.480. The third kappa shape index (κ3) is 6.70. The third-order valence-electron chi connectivity index (χ3n) is 5.88. The summed E-state index contributed by atoms with van der Waals surface area (Å²) in [5.41, 5.74) is 1.46. The summed E-state index contributed by atoms with van der Waals surface area (Å²) < 4.78 is 33.5. The molecule has 1 atom stereocenters. The summed E-state index contributed by atoms with van der Waals surface area (Å²) in [4.78, 5) is 14.2. The third-order valence-corrected chi connectivity index (χ3v) is 6.28. The van der Waals surface area contributed by atoms with Crippen molar-refractivity contribution in [3.63, 3.8) is 0 Å². The van der Waals surface area contributed by atoms with Crippen LogP contribution in [0.2, 0.25) is 0 Å². The molecule has 1 aliphatic rings. The predicted octanol–water partition coefficient (Wildman–Crippen LogP) is 3.12. The lowest BCUT2D eigenvalue weighted by molar-refractivity contribution is -0.0292. The Balaban J connectivity index is 1.58. The van der Waals surface area contributed by atoms with E-state index < -0.39 is 0 Å². The number of rotatable bonds is 11. The molecular formula is C26H34N2O7S. The normalized spacial score (nSPS) is 15.1. The number of hydrogen-bond donors (Lipinski definition) is 1. The van der Waals surface area contributed by atoms with Crippen LogP contribution in [0.15, 0.2) is 30.3 Å². The zero-order valence-corrected chi connectivity index (χ0v) is 22.2. The lowest BCUT2D eigenvalue weighted by Gasteiger charge is -2.34. The number of ketones is 1. The molecule has 1 unspecified atom stereocenters. The van der Waals surface area contributed by atoms with Crippen molar-refractivity contribution in [2.75, 3.05) is 61.3 Å². The molecule has 1 saturated heterocycles. The van der Waals surface area contributed by atoms with E-state index in [0.29, 0.717) is 54.2 Å². The first-order valence-electron chi connectivity index (χ1n) is 11.7. The van der Waals surface area contributed by atoms with Crippen LogP contribution < -0.4 is 29.0 Å². The highest BCUT2D eigenvalue weighted by Crippen LogP contribution is 2.40. The van der Waals surface area contributed by atoms with E-state index in [-0.39, 0.29) is 18.5 Å². The van der Waals surface area contributed by atoms with E-state index in [9.17, 15) is 4.79 Å². The Labute approximate surface area is 217 Å². The SMILES string of the molecule is COc1ccc(OC)c(CCNC(=S)N2CCOC(COc3c(C(C)=O)ccc(OC)c3OC)C2)c1. The van der Waals surface area contributed by atoms with Gasteiger partial charge in [0.1, 0.15) is 24.2 Å². The second-order valence-electron chi connectivity index (χ2n) is 8.14. The second-order valence-corrected chi connectivity index (χ2v) is 8.53. The molecule has 0 aromatic heterocycles. The Morgan fingerprint density at radius 2 is 1.81 bits per heavy atom. The zero-order valence-electron chi connectivity index (χ0n) is 21.4. The number of nitrogens with zero attached hydrogens (tertiary/aromatic N) is 1. The maximum atomic E-state index is 12.1. The Hall–Kier alpha value is -3.24. The quantitative estimate of drug-likeness (QED) is 0.354. The van der Waals surface area contributed by atoms with Crippen molar-refractivity contribution in [3.05, 3.63) is 41.5 Å². The smallest absolute Gasteiger partial charge is 0.204 e. The van der Waals surface area contributed by atoms with Gasteiger partial charge in [-0.1, -0.05) is 0 Å². The van der Waals surface area contributed by atoms with Crippen LogP contribution in [-0.4, -0.2) is 83.2 Å². The molecule has 196 valence electrons. The van der Waals surface area contributed by atoms with Crippen LogP contribution in [0.1, 0.15) is 22.8 Å². The van der Waals surface area contributed by atoms with Gasteiger partial charge in [-0.25, -0.2) is 0 Å².